The average Bonchev–Trinajstić information content (AvgIpc) is 2.03. The summed E-state index contributed by atoms with van der Waals surface area (Å²) in [5.74, 6) is -0.939. The molecule has 3 heteroatoms. The lowest BCUT2D eigenvalue weighted by Gasteiger charge is -2.02. The van der Waals surface area contributed by atoms with Gasteiger partial charge in [0.05, 0.1) is 6.26 Å². The molecule has 0 atom stereocenters. The lowest BCUT2D eigenvalue weighted by atomic mass is 10.2. The summed E-state index contributed by atoms with van der Waals surface area (Å²) in [6, 6.07) is 0. The third-order valence-corrected chi connectivity index (χ3v) is 1.19. The first kappa shape index (κ1) is 7.60. The van der Waals surface area contributed by atoms with Gasteiger partial charge in [0, 0.05) is 6.08 Å². The first-order chi connectivity index (χ1) is 5.29. The Morgan fingerprint density at radius 2 is 2.55 bits per heavy atom. The van der Waals surface area contributed by atoms with Gasteiger partial charge in [-0.25, -0.2) is 4.79 Å². The summed E-state index contributed by atoms with van der Waals surface area (Å²) in [6.45, 7) is 0.510. The van der Waals surface area contributed by atoms with E-state index >= 15 is 0 Å². The van der Waals surface area contributed by atoms with Crippen molar-refractivity contribution in [2.45, 2.75) is 0 Å². The molecule has 0 unspecified atom stereocenters. The maximum atomic E-state index is 10.1. The summed E-state index contributed by atoms with van der Waals surface area (Å²) in [6.07, 6.45) is 7.69. The topological polar surface area (TPSA) is 46.5 Å². The minimum absolute atomic E-state index is 0.510. The normalized spacial score (nSPS) is 16.2. The van der Waals surface area contributed by atoms with Crippen molar-refractivity contribution in [3.63, 3.8) is 0 Å². The van der Waals surface area contributed by atoms with Gasteiger partial charge in [-0.15, -0.1) is 0 Å². The van der Waals surface area contributed by atoms with Crippen molar-refractivity contribution in [2.75, 3.05) is 6.61 Å². The van der Waals surface area contributed by atoms with E-state index in [-0.39, 0.29) is 0 Å². The molecule has 1 N–H and O–H groups in total. The molecule has 0 aliphatic carbocycles. The standard InChI is InChI=1S/C8H8O3/c9-8(10)2-1-7-3-5-11-6-4-7/h1-5H,6H2,(H,9,10). The van der Waals surface area contributed by atoms with Crippen LogP contribution in [0.1, 0.15) is 0 Å². The van der Waals surface area contributed by atoms with Crippen LogP contribution < -0.4 is 0 Å². The van der Waals surface area contributed by atoms with Gasteiger partial charge in [0.15, 0.2) is 0 Å². The maximum absolute atomic E-state index is 10.1. The summed E-state index contributed by atoms with van der Waals surface area (Å²) in [7, 11) is 0. The molecule has 0 aromatic rings. The summed E-state index contributed by atoms with van der Waals surface area (Å²) in [4.78, 5) is 10.1. The molecule has 0 aromatic carbocycles. The molecule has 0 saturated carbocycles. The minimum Gasteiger partial charge on any atom is -0.497 e. The van der Waals surface area contributed by atoms with E-state index in [1.165, 1.54) is 6.08 Å². The predicted octanol–water partition coefficient (Wildman–Crippen LogP) is 1.10. The number of allylic oxidation sites excluding steroid dienone is 3. The average molecular weight is 152 g/mol. The minimum atomic E-state index is -0.939. The molecule has 58 valence electrons. The van der Waals surface area contributed by atoms with Gasteiger partial charge in [-0.1, -0.05) is 0 Å². The molecular formula is C8H8O3. The summed E-state index contributed by atoms with van der Waals surface area (Å²) in [5.41, 5.74) is 0.860. The van der Waals surface area contributed by atoms with Crippen LogP contribution in [-0.2, 0) is 9.53 Å². The van der Waals surface area contributed by atoms with E-state index in [0.29, 0.717) is 6.61 Å². The molecule has 1 heterocycles. The monoisotopic (exact) mass is 152 g/mol. The van der Waals surface area contributed by atoms with Crippen molar-refractivity contribution in [1.29, 1.82) is 0 Å². The highest BCUT2D eigenvalue weighted by molar-refractivity contribution is 5.80. The van der Waals surface area contributed by atoms with Crippen LogP contribution >= 0.6 is 0 Å². The number of hydrogen-bond donors (Lipinski definition) is 1. The number of carbonyl (C=O) groups is 1. The van der Waals surface area contributed by atoms with Gasteiger partial charge in [-0.3, -0.25) is 0 Å². The zero-order valence-corrected chi connectivity index (χ0v) is 5.86. The highest BCUT2D eigenvalue weighted by Crippen LogP contribution is 2.04. The zero-order valence-electron chi connectivity index (χ0n) is 5.86. The Morgan fingerprint density at radius 1 is 1.73 bits per heavy atom. The molecule has 0 radical (unpaired) electrons. The fourth-order valence-electron chi connectivity index (χ4n) is 0.686. The Morgan fingerprint density at radius 3 is 3.09 bits per heavy atom. The first-order valence-corrected chi connectivity index (χ1v) is 3.18. The van der Waals surface area contributed by atoms with E-state index in [1.807, 2.05) is 0 Å². The smallest absolute Gasteiger partial charge is 0.328 e. The number of ether oxygens (including phenoxy) is 1. The first-order valence-electron chi connectivity index (χ1n) is 3.18. The third-order valence-electron chi connectivity index (χ3n) is 1.19. The van der Waals surface area contributed by atoms with E-state index < -0.39 is 5.97 Å². The van der Waals surface area contributed by atoms with E-state index in [0.717, 1.165) is 11.6 Å². The van der Waals surface area contributed by atoms with Crippen molar-refractivity contribution >= 4 is 5.97 Å². The fraction of sp³-hybridized carbons (Fsp3) is 0.125. The van der Waals surface area contributed by atoms with Gasteiger partial charge in [0.1, 0.15) is 6.61 Å². The summed E-state index contributed by atoms with van der Waals surface area (Å²) >= 11 is 0. The SMILES string of the molecule is O=C(O)C=CC1=CCOC=C1. The molecule has 0 spiro atoms. The second-order valence-electron chi connectivity index (χ2n) is 2.01. The Labute approximate surface area is 64.3 Å². The zero-order chi connectivity index (χ0) is 8.10. The van der Waals surface area contributed by atoms with E-state index in [2.05, 4.69) is 0 Å². The van der Waals surface area contributed by atoms with Crippen molar-refractivity contribution in [2.24, 2.45) is 0 Å². The Bertz CT molecular complexity index is 236. The van der Waals surface area contributed by atoms with Crippen LogP contribution in [0.3, 0.4) is 0 Å². The van der Waals surface area contributed by atoms with Gasteiger partial charge in [0.2, 0.25) is 0 Å². The van der Waals surface area contributed by atoms with Gasteiger partial charge in [-0.05, 0) is 23.8 Å². The van der Waals surface area contributed by atoms with Crippen LogP contribution in [-0.4, -0.2) is 17.7 Å². The molecule has 0 fully saturated rings. The number of rotatable bonds is 2. The number of carboxylic acids is 1. The molecule has 11 heavy (non-hydrogen) atoms. The van der Waals surface area contributed by atoms with Crippen molar-refractivity contribution in [3.8, 4) is 0 Å². The quantitative estimate of drug-likeness (QED) is 0.602. The van der Waals surface area contributed by atoms with Gasteiger partial charge in [0.25, 0.3) is 0 Å². The highest BCUT2D eigenvalue weighted by atomic mass is 16.5. The number of aliphatic carboxylic acids is 1. The Hall–Kier alpha value is -1.51. The maximum Gasteiger partial charge on any atom is 0.328 e. The molecule has 0 bridgehead atoms. The second-order valence-corrected chi connectivity index (χ2v) is 2.01. The highest BCUT2D eigenvalue weighted by Gasteiger charge is 1.93. The molecule has 0 saturated heterocycles. The fourth-order valence-corrected chi connectivity index (χ4v) is 0.686. The summed E-state index contributed by atoms with van der Waals surface area (Å²) < 4.78 is 4.87. The third kappa shape index (κ3) is 2.71. The molecular weight excluding hydrogens is 144 g/mol. The summed E-state index contributed by atoms with van der Waals surface area (Å²) in [5, 5.41) is 8.27. The van der Waals surface area contributed by atoms with Gasteiger partial charge >= 0.3 is 5.97 Å². The van der Waals surface area contributed by atoms with Crippen LogP contribution in [0.4, 0.5) is 0 Å². The molecule has 1 aliphatic heterocycles. The van der Waals surface area contributed by atoms with E-state index in [4.69, 9.17) is 9.84 Å². The molecule has 1 rings (SSSR count). The Kier molecular flexibility index (Phi) is 2.49. The lowest BCUT2D eigenvalue weighted by Crippen LogP contribution is -1.91. The van der Waals surface area contributed by atoms with Crippen LogP contribution in [0.2, 0.25) is 0 Å². The molecule has 1 aliphatic rings. The van der Waals surface area contributed by atoms with Crippen molar-refractivity contribution in [1.82, 2.24) is 0 Å². The molecule has 0 amide bonds. The largest absolute Gasteiger partial charge is 0.497 e. The van der Waals surface area contributed by atoms with Crippen LogP contribution in [0, 0.1) is 0 Å². The van der Waals surface area contributed by atoms with Crippen LogP contribution in [0.15, 0.2) is 36.1 Å². The van der Waals surface area contributed by atoms with Gasteiger partial charge in [-0.2, -0.15) is 0 Å². The van der Waals surface area contributed by atoms with Gasteiger partial charge < -0.3 is 9.84 Å². The van der Waals surface area contributed by atoms with E-state index in [1.54, 1.807) is 18.4 Å². The van der Waals surface area contributed by atoms with Crippen molar-refractivity contribution in [3.05, 3.63) is 36.1 Å². The van der Waals surface area contributed by atoms with E-state index in [9.17, 15) is 4.79 Å². The number of hydrogen-bond acceptors (Lipinski definition) is 2. The lowest BCUT2D eigenvalue weighted by molar-refractivity contribution is -0.131. The number of carboxylic acid groups (broad SMARTS) is 1. The van der Waals surface area contributed by atoms with Crippen LogP contribution in [0.5, 0.6) is 0 Å². The Balaban J connectivity index is 2.55. The van der Waals surface area contributed by atoms with Crippen molar-refractivity contribution < 1.29 is 14.6 Å². The second kappa shape index (κ2) is 3.61. The molecule has 0 aromatic heterocycles. The molecule has 3 nitrogen and oxygen atoms in total. The predicted molar refractivity (Wildman–Crippen MR) is 40.0 cm³/mol. The van der Waals surface area contributed by atoms with Crippen LogP contribution in [0.25, 0.3) is 0 Å².